The first-order valence-electron chi connectivity index (χ1n) is 7.88. The van der Waals surface area contributed by atoms with Gasteiger partial charge in [0.1, 0.15) is 11.8 Å². The van der Waals surface area contributed by atoms with Gasteiger partial charge < -0.3 is 9.73 Å². The summed E-state index contributed by atoms with van der Waals surface area (Å²) >= 11 is 1.32. The molecule has 0 radical (unpaired) electrons. The van der Waals surface area contributed by atoms with Gasteiger partial charge >= 0.3 is 0 Å². The number of thioether (sulfide) groups is 1. The van der Waals surface area contributed by atoms with Crippen LogP contribution in [0.1, 0.15) is 17.4 Å². The number of nitro groups is 1. The second-order valence-corrected chi connectivity index (χ2v) is 6.52. The molecule has 0 aliphatic carbocycles. The second kappa shape index (κ2) is 8.35. The normalized spacial score (nSPS) is 11.7. The highest BCUT2D eigenvalue weighted by molar-refractivity contribution is 8.00. The highest BCUT2D eigenvalue weighted by atomic mass is 32.2. The highest BCUT2D eigenvalue weighted by Crippen LogP contribution is 2.24. The predicted octanol–water partition coefficient (Wildman–Crippen LogP) is 4.19. The van der Waals surface area contributed by atoms with Crippen LogP contribution in [0.3, 0.4) is 0 Å². The molecule has 26 heavy (non-hydrogen) atoms. The van der Waals surface area contributed by atoms with E-state index in [1.165, 1.54) is 23.9 Å². The Morgan fingerprint density at radius 3 is 2.42 bits per heavy atom. The molecule has 0 aliphatic rings. The lowest BCUT2D eigenvalue weighted by Gasteiger charge is -2.17. The van der Waals surface area contributed by atoms with Crippen molar-refractivity contribution < 1.29 is 14.1 Å². The quantitative estimate of drug-likeness (QED) is 0.384. The molecule has 3 rings (SSSR count). The van der Waals surface area contributed by atoms with Gasteiger partial charge in [-0.15, -0.1) is 11.8 Å². The van der Waals surface area contributed by atoms with E-state index < -0.39 is 4.92 Å². The zero-order valence-corrected chi connectivity index (χ0v) is 14.5. The Balaban J connectivity index is 1.64. The molecule has 0 fully saturated rings. The van der Waals surface area contributed by atoms with Crippen LogP contribution in [0.5, 0.6) is 0 Å². The molecule has 0 spiro atoms. The lowest BCUT2D eigenvalue weighted by atomic mass is 10.0. The third-order valence-corrected chi connectivity index (χ3v) is 4.70. The molecule has 7 heteroatoms. The summed E-state index contributed by atoms with van der Waals surface area (Å²) in [5.74, 6) is 0.700. The van der Waals surface area contributed by atoms with E-state index in [1.54, 1.807) is 24.5 Å². The minimum absolute atomic E-state index is 0.0285. The summed E-state index contributed by atoms with van der Waals surface area (Å²) in [5, 5.41) is 13.6. The fourth-order valence-corrected chi connectivity index (χ4v) is 3.14. The van der Waals surface area contributed by atoms with Crippen LogP contribution in [0, 0.1) is 10.1 Å². The molecule has 1 unspecified atom stereocenters. The average Bonchev–Trinajstić information content (AvgIpc) is 3.20. The first-order chi connectivity index (χ1) is 12.6. The Kier molecular flexibility index (Phi) is 5.70. The fraction of sp³-hybridized carbons (Fsp3) is 0.105. The summed E-state index contributed by atoms with van der Waals surface area (Å²) in [6.45, 7) is 0. The average molecular weight is 368 g/mol. The van der Waals surface area contributed by atoms with Crippen LogP contribution in [-0.2, 0) is 4.79 Å². The number of non-ortho nitro benzene ring substituents is 1. The summed E-state index contributed by atoms with van der Waals surface area (Å²) < 4.78 is 5.46. The first-order valence-corrected chi connectivity index (χ1v) is 8.87. The van der Waals surface area contributed by atoms with Crippen LogP contribution < -0.4 is 5.32 Å². The Morgan fingerprint density at radius 2 is 1.81 bits per heavy atom. The maximum atomic E-state index is 12.4. The summed E-state index contributed by atoms with van der Waals surface area (Å²) in [6.07, 6.45) is 1.57. The third kappa shape index (κ3) is 4.52. The summed E-state index contributed by atoms with van der Waals surface area (Å²) in [4.78, 5) is 23.4. The lowest BCUT2D eigenvalue weighted by Crippen LogP contribution is -2.30. The molecule has 0 aliphatic heterocycles. The Hall–Kier alpha value is -3.06. The van der Waals surface area contributed by atoms with Crippen LogP contribution in [-0.4, -0.2) is 16.6 Å². The molecule has 132 valence electrons. The van der Waals surface area contributed by atoms with Gasteiger partial charge in [0.25, 0.3) is 5.69 Å². The number of nitrogens with one attached hydrogen (secondary N) is 1. The molecule has 1 heterocycles. The van der Waals surface area contributed by atoms with Gasteiger partial charge in [-0.25, -0.2) is 0 Å². The van der Waals surface area contributed by atoms with Crippen molar-refractivity contribution in [2.45, 2.75) is 10.9 Å². The minimum Gasteiger partial charge on any atom is -0.467 e. The number of nitrogens with zero attached hydrogens (tertiary/aromatic N) is 1. The lowest BCUT2D eigenvalue weighted by molar-refractivity contribution is -0.384. The van der Waals surface area contributed by atoms with Gasteiger partial charge in [0.2, 0.25) is 5.91 Å². The minimum atomic E-state index is -0.449. The number of carbonyl (C=O) groups excluding carboxylic acids is 1. The van der Waals surface area contributed by atoms with Crippen molar-refractivity contribution in [3.8, 4) is 0 Å². The van der Waals surface area contributed by atoms with Crippen LogP contribution >= 0.6 is 11.8 Å². The predicted molar refractivity (Wildman–Crippen MR) is 99.0 cm³/mol. The maximum Gasteiger partial charge on any atom is 0.269 e. The smallest absolute Gasteiger partial charge is 0.269 e. The number of furan rings is 1. The third-order valence-electron chi connectivity index (χ3n) is 3.68. The topological polar surface area (TPSA) is 85.4 Å². The van der Waals surface area contributed by atoms with Gasteiger partial charge in [0.05, 0.1) is 16.9 Å². The summed E-state index contributed by atoms with van der Waals surface area (Å²) in [6, 6.07) is 18.9. The van der Waals surface area contributed by atoms with E-state index in [-0.39, 0.29) is 23.4 Å². The van der Waals surface area contributed by atoms with Crippen molar-refractivity contribution >= 4 is 23.4 Å². The molecule has 0 saturated heterocycles. The summed E-state index contributed by atoms with van der Waals surface area (Å²) in [7, 11) is 0. The van der Waals surface area contributed by atoms with Crippen molar-refractivity contribution in [3.63, 3.8) is 0 Å². The molecule has 1 amide bonds. The molecule has 1 aromatic heterocycles. The van der Waals surface area contributed by atoms with Gasteiger partial charge in [-0.1, -0.05) is 30.3 Å². The van der Waals surface area contributed by atoms with Gasteiger partial charge in [-0.3, -0.25) is 14.9 Å². The molecule has 3 aromatic rings. The largest absolute Gasteiger partial charge is 0.467 e. The number of hydrogen-bond acceptors (Lipinski definition) is 5. The SMILES string of the molecule is O=C(CSc1ccc([N+](=O)[O-])cc1)NC(c1ccccc1)c1ccco1. The van der Waals surface area contributed by atoms with E-state index >= 15 is 0 Å². The van der Waals surface area contributed by atoms with Crippen LogP contribution in [0.2, 0.25) is 0 Å². The van der Waals surface area contributed by atoms with Gasteiger partial charge in [0.15, 0.2) is 0 Å². The zero-order valence-electron chi connectivity index (χ0n) is 13.7. The monoisotopic (exact) mass is 368 g/mol. The Bertz CT molecular complexity index is 864. The fourth-order valence-electron chi connectivity index (χ4n) is 2.44. The molecular formula is C19H16N2O4S. The molecule has 6 nitrogen and oxygen atoms in total. The second-order valence-electron chi connectivity index (χ2n) is 5.47. The van der Waals surface area contributed by atoms with Crippen molar-refractivity contribution in [2.75, 3.05) is 5.75 Å². The van der Waals surface area contributed by atoms with Gasteiger partial charge in [-0.2, -0.15) is 0 Å². The van der Waals surface area contributed by atoms with E-state index in [4.69, 9.17) is 4.42 Å². The Labute approximate surface area is 154 Å². The van der Waals surface area contributed by atoms with Gasteiger partial charge in [0, 0.05) is 17.0 Å². The van der Waals surface area contributed by atoms with Crippen molar-refractivity contribution in [1.29, 1.82) is 0 Å². The number of carbonyl (C=O) groups is 1. The number of amides is 1. The zero-order chi connectivity index (χ0) is 18.4. The number of rotatable bonds is 7. The van der Waals surface area contributed by atoms with Crippen molar-refractivity contribution in [3.05, 3.63) is 94.4 Å². The van der Waals surface area contributed by atoms with E-state index in [1.807, 2.05) is 36.4 Å². The standard InChI is InChI=1S/C19H16N2O4S/c22-18(13-26-16-10-8-15(9-11-16)21(23)24)20-19(17-7-4-12-25-17)14-5-2-1-3-6-14/h1-12,19H,13H2,(H,20,22). The van der Waals surface area contributed by atoms with E-state index in [0.29, 0.717) is 5.76 Å². The van der Waals surface area contributed by atoms with Crippen LogP contribution in [0.4, 0.5) is 5.69 Å². The van der Waals surface area contributed by atoms with Crippen molar-refractivity contribution in [1.82, 2.24) is 5.32 Å². The molecule has 2 aromatic carbocycles. The first kappa shape index (κ1) is 17.8. The van der Waals surface area contributed by atoms with Crippen molar-refractivity contribution in [2.24, 2.45) is 0 Å². The van der Waals surface area contributed by atoms with E-state index in [0.717, 1.165) is 10.5 Å². The molecule has 1 atom stereocenters. The highest BCUT2D eigenvalue weighted by Gasteiger charge is 2.19. The van der Waals surface area contributed by atoms with Crippen LogP contribution in [0.25, 0.3) is 0 Å². The molecule has 0 bridgehead atoms. The van der Waals surface area contributed by atoms with E-state index in [9.17, 15) is 14.9 Å². The Morgan fingerprint density at radius 1 is 1.08 bits per heavy atom. The molecule has 1 N–H and O–H groups in total. The van der Waals surface area contributed by atoms with Gasteiger partial charge in [-0.05, 0) is 29.8 Å². The van der Waals surface area contributed by atoms with E-state index in [2.05, 4.69) is 5.32 Å². The molecule has 0 saturated carbocycles. The molecular weight excluding hydrogens is 352 g/mol. The van der Waals surface area contributed by atoms with Crippen LogP contribution in [0.15, 0.2) is 82.3 Å². The number of benzene rings is 2. The maximum absolute atomic E-state index is 12.4. The number of nitro benzene ring substituents is 1. The number of hydrogen-bond donors (Lipinski definition) is 1. The summed E-state index contributed by atoms with van der Waals surface area (Å²) in [5.41, 5.74) is 0.955.